The first-order chi connectivity index (χ1) is 12.5. The van der Waals surface area contributed by atoms with E-state index in [2.05, 4.69) is 0 Å². The number of aliphatic hydroxyl groups is 1. The van der Waals surface area contributed by atoms with E-state index >= 15 is 0 Å². The average Bonchev–Trinajstić information content (AvgIpc) is 3.00. The molecule has 0 bridgehead atoms. The second-order valence-corrected chi connectivity index (χ2v) is 6.08. The van der Waals surface area contributed by atoms with Crippen LogP contribution in [0.25, 0.3) is 0 Å². The van der Waals surface area contributed by atoms with Crippen LogP contribution in [-0.2, 0) is 42.7 Å². The van der Waals surface area contributed by atoms with Crippen LogP contribution in [0.2, 0.25) is 0 Å². The Morgan fingerprint density at radius 3 is 2.12 bits per heavy atom. The van der Waals surface area contributed by atoms with Crippen LogP contribution in [0.5, 0.6) is 0 Å². The summed E-state index contributed by atoms with van der Waals surface area (Å²) < 4.78 is 37.8. The lowest BCUT2D eigenvalue weighted by atomic mass is 9.98. The van der Waals surface area contributed by atoms with Crippen LogP contribution in [0.3, 0.4) is 0 Å². The number of esters is 2. The Morgan fingerprint density at radius 1 is 0.885 bits per heavy atom. The average molecular weight is 376 g/mol. The number of aliphatic hydroxyl groups excluding tert-OH is 1. The molecular formula is C16H24O10. The predicted molar refractivity (Wildman–Crippen MR) is 81.5 cm³/mol. The fraction of sp³-hybridized carbons (Fsp3) is 0.875. The molecule has 148 valence electrons. The van der Waals surface area contributed by atoms with Gasteiger partial charge in [-0.1, -0.05) is 0 Å². The van der Waals surface area contributed by atoms with Crippen LogP contribution in [-0.4, -0.2) is 80.2 Å². The first kappa shape index (κ1) is 19.5. The highest BCUT2D eigenvalue weighted by atomic mass is 16.8. The van der Waals surface area contributed by atoms with Gasteiger partial charge in [0.1, 0.15) is 24.4 Å². The van der Waals surface area contributed by atoms with Crippen molar-refractivity contribution in [3.05, 3.63) is 0 Å². The Hall–Kier alpha value is -1.30. The van der Waals surface area contributed by atoms with Crippen LogP contribution in [0.1, 0.15) is 26.7 Å². The number of carbonyl (C=O) groups is 2. The third-order valence-electron chi connectivity index (χ3n) is 4.26. The van der Waals surface area contributed by atoms with Crippen molar-refractivity contribution in [2.75, 3.05) is 19.8 Å². The molecule has 10 nitrogen and oxygen atoms in total. The van der Waals surface area contributed by atoms with Gasteiger partial charge in [-0.05, 0) is 13.8 Å². The van der Waals surface area contributed by atoms with Crippen molar-refractivity contribution in [2.45, 2.75) is 70.0 Å². The number of carbonyl (C=O) groups excluding carboxylic acids is 2. The number of ether oxygens (including phenoxy) is 7. The van der Waals surface area contributed by atoms with Crippen molar-refractivity contribution in [3.63, 3.8) is 0 Å². The van der Waals surface area contributed by atoms with Gasteiger partial charge in [-0.3, -0.25) is 9.59 Å². The molecule has 3 heterocycles. The summed E-state index contributed by atoms with van der Waals surface area (Å²) in [4.78, 5) is 23.3. The van der Waals surface area contributed by atoms with E-state index in [1.165, 1.54) is 0 Å². The molecule has 0 aromatic heterocycles. The van der Waals surface area contributed by atoms with E-state index in [1.807, 2.05) is 0 Å². The molecule has 10 heteroatoms. The smallest absolute Gasteiger partial charge is 0.310 e. The van der Waals surface area contributed by atoms with E-state index in [4.69, 9.17) is 33.2 Å². The van der Waals surface area contributed by atoms with E-state index in [-0.39, 0.29) is 32.7 Å². The van der Waals surface area contributed by atoms with E-state index in [9.17, 15) is 14.7 Å². The predicted octanol–water partition coefficient (Wildman–Crippen LogP) is -0.538. The lowest BCUT2D eigenvalue weighted by Crippen LogP contribution is -2.61. The van der Waals surface area contributed by atoms with Gasteiger partial charge in [0.25, 0.3) is 0 Å². The van der Waals surface area contributed by atoms with E-state index < -0.39 is 55.2 Å². The molecule has 3 saturated heterocycles. The van der Waals surface area contributed by atoms with Gasteiger partial charge >= 0.3 is 11.9 Å². The molecule has 0 spiro atoms. The van der Waals surface area contributed by atoms with Crippen molar-refractivity contribution >= 4 is 11.9 Å². The summed E-state index contributed by atoms with van der Waals surface area (Å²) >= 11 is 0. The van der Waals surface area contributed by atoms with Crippen molar-refractivity contribution < 1.29 is 47.9 Å². The zero-order valence-electron chi connectivity index (χ0n) is 14.7. The van der Waals surface area contributed by atoms with Crippen molar-refractivity contribution in [1.82, 2.24) is 0 Å². The highest BCUT2D eigenvalue weighted by Gasteiger charge is 2.55. The fourth-order valence-electron chi connectivity index (χ4n) is 3.21. The maximum atomic E-state index is 11.6. The van der Waals surface area contributed by atoms with Crippen LogP contribution < -0.4 is 0 Å². The van der Waals surface area contributed by atoms with Gasteiger partial charge in [-0.15, -0.1) is 0 Å². The molecule has 0 aliphatic carbocycles. The minimum absolute atomic E-state index is 0.0654. The van der Waals surface area contributed by atoms with Crippen LogP contribution in [0.4, 0.5) is 0 Å². The van der Waals surface area contributed by atoms with Gasteiger partial charge in [-0.25, -0.2) is 0 Å². The van der Waals surface area contributed by atoms with E-state index in [0.717, 1.165) is 0 Å². The third kappa shape index (κ3) is 4.33. The van der Waals surface area contributed by atoms with Gasteiger partial charge in [0.2, 0.25) is 0 Å². The first-order valence-electron chi connectivity index (χ1n) is 8.74. The van der Waals surface area contributed by atoms with Gasteiger partial charge in [0.15, 0.2) is 18.9 Å². The minimum atomic E-state index is -1.23. The molecule has 3 aliphatic heterocycles. The normalized spacial score (nSPS) is 39.0. The van der Waals surface area contributed by atoms with Crippen LogP contribution >= 0.6 is 0 Å². The lowest BCUT2D eigenvalue weighted by Gasteiger charge is -2.44. The molecule has 7 unspecified atom stereocenters. The van der Waals surface area contributed by atoms with Gasteiger partial charge in [0.05, 0.1) is 32.7 Å². The SMILES string of the molecule is CCOC(=O)CC1OCC2OC(O)C3OC(CC(=O)OCC)OC3C2O1. The van der Waals surface area contributed by atoms with E-state index in [0.29, 0.717) is 0 Å². The summed E-state index contributed by atoms with van der Waals surface area (Å²) in [6, 6.07) is 0. The lowest BCUT2D eigenvalue weighted by molar-refractivity contribution is -0.337. The topological polar surface area (TPSA) is 119 Å². The zero-order chi connectivity index (χ0) is 18.7. The Bertz CT molecular complexity index is 511. The summed E-state index contributed by atoms with van der Waals surface area (Å²) in [5.74, 6) is -0.899. The summed E-state index contributed by atoms with van der Waals surface area (Å²) in [7, 11) is 0. The molecule has 3 aliphatic rings. The number of hydrogen-bond acceptors (Lipinski definition) is 10. The number of fused-ring (bicyclic) bond motifs is 3. The molecule has 26 heavy (non-hydrogen) atoms. The Kier molecular flexibility index (Phi) is 6.43. The molecule has 0 aromatic rings. The van der Waals surface area contributed by atoms with Gasteiger partial charge in [-0.2, -0.15) is 0 Å². The largest absolute Gasteiger partial charge is 0.466 e. The Balaban J connectivity index is 1.61. The molecule has 3 rings (SSSR count). The molecule has 3 fully saturated rings. The molecule has 0 amide bonds. The Morgan fingerprint density at radius 2 is 1.46 bits per heavy atom. The standard InChI is InChI=1S/C16H24O10/c1-3-20-9(17)5-11-22-7-8-13(24-11)14-15(16(19)23-8)26-12(25-14)6-10(18)21-4-2/h8,11-16,19H,3-7H2,1-2H3. The summed E-state index contributed by atoms with van der Waals surface area (Å²) in [6.45, 7) is 4.07. The quantitative estimate of drug-likeness (QED) is 0.605. The van der Waals surface area contributed by atoms with E-state index in [1.54, 1.807) is 13.8 Å². The maximum Gasteiger partial charge on any atom is 0.310 e. The van der Waals surface area contributed by atoms with Crippen molar-refractivity contribution in [3.8, 4) is 0 Å². The van der Waals surface area contributed by atoms with Crippen LogP contribution in [0.15, 0.2) is 0 Å². The summed E-state index contributed by atoms with van der Waals surface area (Å²) in [5.41, 5.74) is 0. The highest BCUT2D eigenvalue weighted by Crippen LogP contribution is 2.37. The zero-order valence-corrected chi connectivity index (χ0v) is 14.7. The molecule has 0 aromatic carbocycles. The van der Waals surface area contributed by atoms with Crippen molar-refractivity contribution in [1.29, 1.82) is 0 Å². The fourth-order valence-corrected chi connectivity index (χ4v) is 3.21. The van der Waals surface area contributed by atoms with Crippen LogP contribution in [0, 0.1) is 0 Å². The second kappa shape index (κ2) is 8.59. The molecule has 0 saturated carbocycles. The highest BCUT2D eigenvalue weighted by molar-refractivity contribution is 5.70. The van der Waals surface area contributed by atoms with Gasteiger partial charge < -0.3 is 38.3 Å². The number of rotatable bonds is 6. The van der Waals surface area contributed by atoms with Crippen molar-refractivity contribution in [2.24, 2.45) is 0 Å². The maximum absolute atomic E-state index is 11.6. The minimum Gasteiger partial charge on any atom is -0.466 e. The first-order valence-corrected chi connectivity index (χ1v) is 8.74. The summed E-state index contributed by atoms with van der Waals surface area (Å²) in [5, 5.41) is 10.1. The Labute approximate surface area is 150 Å². The molecule has 1 N–H and O–H groups in total. The monoisotopic (exact) mass is 376 g/mol. The second-order valence-electron chi connectivity index (χ2n) is 6.08. The molecular weight excluding hydrogens is 352 g/mol. The molecule has 7 atom stereocenters. The number of hydrogen-bond donors (Lipinski definition) is 1. The molecule has 0 radical (unpaired) electrons. The summed E-state index contributed by atoms with van der Waals surface area (Å²) in [6.07, 6.45) is -5.72. The third-order valence-corrected chi connectivity index (χ3v) is 4.26. The van der Waals surface area contributed by atoms with Gasteiger partial charge in [0, 0.05) is 0 Å².